The highest BCUT2D eigenvalue weighted by Gasteiger charge is 2.30. The summed E-state index contributed by atoms with van der Waals surface area (Å²) in [6.45, 7) is 7.59. The molecule has 0 N–H and O–H groups in total. The fraction of sp³-hybridized carbons (Fsp3) is 0.500. The average molecular weight is 420 g/mol. The summed E-state index contributed by atoms with van der Waals surface area (Å²) in [5, 5.41) is 0.528. The van der Waals surface area contributed by atoms with E-state index in [-0.39, 0.29) is 12.1 Å². The lowest BCUT2D eigenvalue weighted by molar-refractivity contribution is -0.163. The van der Waals surface area contributed by atoms with Crippen molar-refractivity contribution in [1.82, 2.24) is 9.97 Å². The maximum Gasteiger partial charge on any atom is 0.340 e. The molecule has 1 aromatic carbocycles. The Labute approximate surface area is 178 Å². The van der Waals surface area contributed by atoms with Crippen LogP contribution >= 0.6 is 11.6 Å². The van der Waals surface area contributed by atoms with Crippen molar-refractivity contribution < 1.29 is 14.3 Å². The number of methoxy groups -OCH3 is 1. The molecule has 2 heterocycles. The van der Waals surface area contributed by atoms with Crippen molar-refractivity contribution >= 4 is 23.5 Å². The van der Waals surface area contributed by atoms with Crippen LogP contribution in [0.2, 0.25) is 5.02 Å². The van der Waals surface area contributed by atoms with E-state index < -0.39 is 6.10 Å². The maximum absolute atomic E-state index is 12.6. The van der Waals surface area contributed by atoms with Crippen molar-refractivity contribution in [3.8, 4) is 0 Å². The van der Waals surface area contributed by atoms with E-state index in [1.54, 1.807) is 12.4 Å². The summed E-state index contributed by atoms with van der Waals surface area (Å²) >= 11 is 5.84. The predicted octanol–water partition coefficient (Wildman–Crippen LogP) is 4.69. The van der Waals surface area contributed by atoms with Gasteiger partial charge in [-0.2, -0.15) is 0 Å². The van der Waals surface area contributed by atoms with E-state index in [9.17, 15) is 4.79 Å². The molecule has 2 atom stereocenters. The molecule has 0 bridgehead atoms. The van der Waals surface area contributed by atoms with Crippen LogP contribution in [0, 0.1) is 5.92 Å². The summed E-state index contributed by atoms with van der Waals surface area (Å²) < 4.78 is 11.1. The molecular weight excluding hydrogens is 390 g/mol. The van der Waals surface area contributed by atoms with E-state index in [0.717, 1.165) is 31.5 Å². The highest BCUT2D eigenvalue weighted by atomic mass is 35.5. The number of esters is 1. The van der Waals surface area contributed by atoms with Gasteiger partial charge in [-0.15, -0.1) is 0 Å². The van der Waals surface area contributed by atoms with Crippen LogP contribution < -0.4 is 4.90 Å². The molecule has 0 amide bonds. The van der Waals surface area contributed by atoms with Gasteiger partial charge in [0.15, 0.2) is 6.10 Å². The molecule has 3 rings (SSSR count). The quantitative estimate of drug-likeness (QED) is 0.633. The Hall–Kier alpha value is -2.18. The van der Waals surface area contributed by atoms with Gasteiger partial charge < -0.3 is 14.4 Å². The SMILES string of the molecule is CC.COC(C(=O)OC(C)C1CCN(c2ncc(Cl)cn2)CC1)c1ccccc1. The molecule has 0 aliphatic carbocycles. The summed E-state index contributed by atoms with van der Waals surface area (Å²) in [5.74, 6) is 0.636. The van der Waals surface area contributed by atoms with Crippen LogP contribution in [0.15, 0.2) is 42.7 Å². The second kappa shape index (κ2) is 11.7. The van der Waals surface area contributed by atoms with Crippen LogP contribution in [0.3, 0.4) is 0 Å². The molecule has 1 aliphatic heterocycles. The molecule has 0 radical (unpaired) electrons. The number of hydrogen-bond donors (Lipinski definition) is 0. The van der Waals surface area contributed by atoms with Gasteiger partial charge >= 0.3 is 5.97 Å². The standard InChI is InChI=1S/C20H24ClN3O3.C2H6/c1-14(27-19(25)18(26-2)16-6-4-3-5-7-16)15-8-10-24(11-9-15)20-22-12-17(21)13-23-20;1-2/h3-7,12-15,18H,8-11H2,1-2H3;1-2H3. The number of piperidine rings is 1. The minimum Gasteiger partial charge on any atom is -0.460 e. The first-order valence-electron chi connectivity index (χ1n) is 10.1. The number of nitrogens with zero attached hydrogens (tertiary/aromatic N) is 3. The third kappa shape index (κ3) is 6.41. The third-order valence-corrected chi connectivity index (χ3v) is 5.14. The largest absolute Gasteiger partial charge is 0.460 e. The molecule has 0 saturated carbocycles. The second-order valence-corrected chi connectivity index (χ2v) is 7.13. The molecule has 2 aromatic rings. The average Bonchev–Trinajstić information content (AvgIpc) is 2.77. The van der Waals surface area contributed by atoms with Gasteiger partial charge in [0.25, 0.3) is 0 Å². The third-order valence-electron chi connectivity index (χ3n) is 4.95. The van der Waals surface area contributed by atoms with Gasteiger partial charge in [-0.25, -0.2) is 14.8 Å². The van der Waals surface area contributed by atoms with Crippen molar-refractivity contribution in [2.75, 3.05) is 25.1 Å². The molecule has 1 fully saturated rings. The van der Waals surface area contributed by atoms with Gasteiger partial charge in [0, 0.05) is 20.2 Å². The lowest BCUT2D eigenvalue weighted by atomic mass is 9.92. The first-order valence-corrected chi connectivity index (χ1v) is 10.5. The van der Waals surface area contributed by atoms with Crippen molar-refractivity contribution in [3.63, 3.8) is 0 Å². The van der Waals surface area contributed by atoms with Crippen LogP contribution in [0.1, 0.15) is 45.3 Å². The number of carbonyl (C=O) groups is 1. The van der Waals surface area contributed by atoms with Crippen molar-refractivity contribution in [3.05, 3.63) is 53.3 Å². The Morgan fingerprint density at radius 3 is 2.28 bits per heavy atom. The molecular formula is C22H30ClN3O3. The number of ether oxygens (including phenoxy) is 2. The Kier molecular flexibility index (Phi) is 9.35. The van der Waals surface area contributed by atoms with Crippen molar-refractivity contribution in [2.45, 2.75) is 45.8 Å². The fourth-order valence-electron chi connectivity index (χ4n) is 3.38. The van der Waals surface area contributed by atoms with E-state index in [4.69, 9.17) is 21.1 Å². The second-order valence-electron chi connectivity index (χ2n) is 6.69. The molecule has 1 aromatic heterocycles. The van der Waals surface area contributed by atoms with E-state index >= 15 is 0 Å². The normalized spacial score (nSPS) is 16.4. The zero-order chi connectivity index (χ0) is 21.2. The van der Waals surface area contributed by atoms with Gasteiger partial charge in [0.05, 0.1) is 17.4 Å². The minimum atomic E-state index is -0.698. The highest BCUT2D eigenvalue weighted by Crippen LogP contribution is 2.27. The zero-order valence-corrected chi connectivity index (χ0v) is 18.3. The number of halogens is 1. The number of benzene rings is 1. The van der Waals surface area contributed by atoms with Crippen LogP contribution in [0.5, 0.6) is 0 Å². The molecule has 158 valence electrons. The summed E-state index contributed by atoms with van der Waals surface area (Å²) in [6.07, 6.45) is 4.15. The maximum atomic E-state index is 12.6. The number of anilines is 1. The Morgan fingerprint density at radius 2 is 1.72 bits per heavy atom. The first kappa shape index (κ1) is 23.1. The molecule has 1 saturated heterocycles. The number of carbonyl (C=O) groups excluding carboxylic acids is 1. The van der Waals surface area contributed by atoms with E-state index in [2.05, 4.69) is 14.9 Å². The molecule has 6 nitrogen and oxygen atoms in total. The Balaban J connectivity index is 0.00000145. The molecule has 0 spiro atoms. The molecule has 29 heavy (non-hydrogen) atoms. The first-order chi connectivity index (χ1) is 14.1. The van der Waals surface area contributed by atoms with Crippen LogP contribution in [0.4, 0.5) is 5.95 Å². The fourth-order valence-corrected chi connectivity index (χ4v) is 3.47. The lowest BCUT2D eigenvalue weighted by Gasteiger charge is -2.34. The summed E-state index contributed by atoms with van der Waals surface area (Å²) in [7, 11) is 1.52. The van der Waals surface area contributed by atoms with Crippen LogP contribution in [0.25, 0.3) is 0 Å². The minimum absolute atomic E-state index is 0.174. The summed E-state index contributed by atoms with van der Waals surface area (Å²) in [4.78, 5) is 23.2. The smallest absolute Gasteiger partial charge is 0.340 e. The molecule has 2 unspecified atom stereocenters. The molecule has 7 heteroatoms. The van der Waals surface area contributed by atoms with Gasteiger partial charge in [-0.05, 0) is 31.2 Å². The van der Waals surface area contributed by atoms with Gasteiger partial charge in [-0.3, -0.25) is 0 Å². The Bertz CT molecular complexity index is 735. The topological polar surface area (TPSA) is 64.6 Å². The number of aromatic nitrogens is 2. The van der Waals surface area contributed by atoms with E-state index in [0.29, 0.717) is 16.9 Å². The Morgan fingerprint density at radius 1 is 1.14 bits per heavy atom. The van der Waals surface area contributed by atoms with E-state index in [1.807, 2.05) is 51.1 Å². The number of rotatable bonds is 6. The van der Waals surface area contributed by atoms with Crippen LogP contribution in [-0.4, -0.2) is 42.2 Å². The van der Waals surface area contributed by atoms with Gasteiger partial charge in [0.1, 0.15) is 6.10 Å². The highest BCUT2D eigenvalue weighted by molar-refractivity contribution is 6.30. The van der Waals surface area contributed by atoms with E-state index in [1.165, 1.54) is 7.11 Å². The predicted molar refractivity (Wildman–Crippen MR) is 115 cm³/mol. The summed E-state index contributed by atoms with van der Waals surface area (Å²) in [6, 6.07) is 9.40. The number of hydrogen-bond acceptors (Lipinski definition) is 6. The zero-order valence-electron chi connectivity index (χ0n) is 17.5. The van der Waals surface area contributed by atoms with Gasteiger partial charge in [0.2, 0.25) is 5.95 Å². The van der Waals surface area contributed by atoms with Crippen LogP contribution in [-0.2, 0) is 14.3 Å². The molecule has 1 aliphatic rings. The monoisotopic (exact) mass is 419 g/mol. The van der Waals surface area contributed by atoms with Crippen molar-refractivity contribution in [2.24, 2.45) is 5.92 Å². The lowest BCUT2D eigenvalue weighted by Crippen LogP contribution is -2.39. The van der Waals surface area contributed by atoms with Crippen molar-refractivity contribution in [1.29, 1.82) is 0 Å². The van der Waals surface area contributed by atoms with Gasteiger partial charge in [-0.1, -0.05) is 55.8 Å². The summed E-state index contributed by atoms with van der Waals surface area (Å²) in [5.41, 5.74) is 0.798.